The molecule has 2 rings (SSSR count). The normalized spacial score (nSPS) is 12.4. The minimum atomic E-state index is -0.157. The predicted molar refractivity (Wildman–Crippen MR) is 106 cm³/mol. The van der Waals surface area contributed by atoms with Crippen LogP contribution in [0.4, 0.5) is 0 Å². The van der Waals surface area contributed by atoms with Crippen molar-refractivity contribution in [3.8, 4) is 6.07 Å². The van der Waals surface area contributed by atoms with Gasteiger partial charge < -0.3 is 4.57 Å². The van der Waals surface area contributed by atoms with E-state index in [-0.39, 0.29) is 5.92 Å². The molecule has 0 aliphatic heterocycles. The highest BCUT2D eigenvalue weighted by atomic mass is 15.1. The first-order chi connectivity index (χ1) is 12.3. The lowest BCUT2D eigenvalue weighted by Gasteiger charge is -2.10. The van der Waals surface area contributed by atoms with E-state index in [1.165, 1.54) is 64.2 Å². The molecule has 2 aromatic rings. The fourth-order valence-corrected chi connectivity index (χ4v) is 3.47. The smallest absolute Gasteiger partial charge is 0.126 e. The molecule has 0 aliphatic carbocycles. The van der Waals surface area contributed by atoms with E-state index < -0.39 is 0 Å². The van der Waals surface area contributed by atoms with Crippen molar-refractivity contribution in [1.82, 2.24) is 9.55 Å². The minimum Gasteiger partial charge on any atom is -0.327 e. The number of nitrogens with zero attached hydrogens (tertiary/aromatic N) is 3. The summed E-state index contributed by atoms with van der Waals surface area (Å²) in [7, 11) is 0. The molecule has 1 aromatic heterocycles. The maximum atomic E-state index is 9.28. The molecule has 136 valence electrons. The maximum Gasteiger partial charge on any atom is 0.126 e. The summed E-state index contributed by atoms with van der Waals surface area (Å²) < 4.78 is 2.26. The molecule has 0 N–H and O–H groups in total. The van der Waals surface area contributed by atoms with E-state index in [1.54, 1.807) is 0 Å². The number of hydrogen-bond donors (Lipinski definition) is 0. The number of rotatable bonds is 12. The zero-order chi connectivity index (χ0) is 17.9. The number of para-hydroxylation sites is 2. The standard InChI is InChI=1S/C22H33N3/c1-3-4-5-6-7-8-9-10-11-14-17-25-21-16-13-12-15-20(21)24-22(25)19(2)18-23/h12-13,15-16,19H,3-11,14,17H2,1-2H3. The quantitative estimate of drug-likeness (QED) is 0.410. The number of imidazole rings is 1. The van der Waals surface area contributed by atoms with Gasteiger partial charge in [0.25, 0.3) is 0 Å². The van der Waals surface area contributed by atoms with Crippen LogP contribution in [0.2, 0.25) is 0 Å². The number of benzene rings is 1. The van der Waals surface area contributed by atoms with Gasteiger partial charge in [0, 0.05) is 6.54 Å². The van der Waals surface area contributed by atoms with Crippen molar-refractivity contribution < 1.29 is 0 Å². The number of unbranched alkanes of at least 4 members (excludes halogenated alkanes) is 9. The molecule has 0 saturated carbocycles. The SMILES string of the molecule is CCCCCCCCCCCCn1c(C(C)C#N)nc2ccccc21. The third-order valence-corrected chi connectivity index (χ3v) is 5.00. The number of hydrogen-bond acceptors (Lipinski definition) is 2. The molecule has 0 aliphatic rings. The molecule has 0 spiro atoms. The van der Waals surface area contributed by atoms with Crippen molar-refractivity contribution in [2.24, 2.45) is 0 Å². The molecule has 0 fully saturated rings. The van der Waals surface area contributed by atoms with Crippen molar-refractivity contribution >= 4 is 11.0 Å². The molecule has 0 saturated heterocycles. The van der Waals surface area contributed by atoms with Crippen molar-refractivity contribution in [1.29, 1.82) is 5.26 Å². The summed E-state index contributed by atoms with van der Waals surface area (Å²) in [5, 5.41) is 9.28. The number of fused-ring (bicyclic) bond motifs is 1. The molecule has 0 amide bonds. The van der Waals surface area contributed by atoms with Crippen LogP contribution >= 0.6 is 0 Å². The average Bonchev–Trinajstić information content (AvgIpc) is 3.01. The zero-order valence-electron chi connectivity index (χ0n) is 16.0. The van der Waals surface area contributed by atoms with Gasteiger partial charge >= 0.3 is 0 Å². The lowest BCUT2D eigenvalue weighted by Crippen LogP contribution is -2.06. The highest BCUT2D eigenvalue weighted by molar-refractivity contribution is 5.76. The van der Waals surface area contributed by atoms with E-state index in [2.05, 4.69) is 34.7 Å². The zero-order valence-corrected chi connectivity index (χ0v) is 16.0. The van der Waals surface area contributed by atoms with Gasteiger partial charge in [0.2, 0.25) is 0 Å². The Kier molecular flexibility index (Phi) is 8.52. The molecule has 3 nitrogen and oxygen atoms in total. The lowest BCUT2D eigenvalue weighted by atomic mass is 10.1. The predicted octanol–water partition coefficient (Wildman–Crippen LogP) is 6.58. The Morgan fingerprint density at radius 3 is 2.20 bits per heavy atom. The monoisotopic (exact) mass is 339 g/mol. The first-order valence-corrected chi connectivity index (χ1v) is 10.1. The van der Waals surface area contributed by atoms with E-state index >= 15 is 0 Å². The Hall–Kier alpha value is -1.82. The minimum absolute atomic E-state index is 0.157. The molecular formula is C22H33N3. The van der Waals surface area contributed by atoms with Crippen LogP contribution in [-0.4, -0.2) is 9.55 Å². The topological polar surface area (TPSA) is 41.6 Å². The van der Waals surface area contributed by atoms with E-state index in [1.807, 2.05) is 19.1 Å². The summed E-state index contributed by atoms with van der Waals surface area (Å²) in [5.74, 6) is 0.759. The van der Waals surface area contributed by atoms with Gasteiger partial charge in [0.15, 0.2) is 0 Å². The Morgan fingerprint density at radius 2 is 1.56 bits per heavy atom. The van der Waals surface area contributed by atoms with Crippen molar-refractivity contribution in [2.45, 2.75) is 90.5 Å². The molecule has 1 heterocycles. The van der Waals surface area contributed by atoms with Crippen LogP contribution in [0, 0.1) is 11.3 Å². The summed E-state index contributed by atoms with van der Waals surface area (Å²) in [6.45, 7) is 5.18. The van der Waals surface area contributed by atoms with Gasteiger partial charge in [-0.25, -0.2) is 4.98 Å². The molecule has 25 heavy (non-hydrogen) atoms. The second kappa shape index (κ2) is 10.9. The fraction of sp³-hybridized carbons (Fsp3) is 0.636. The van der Waals surface area contributed by atoms with Gasteiger partial charge in [-0.15, -0.1) is 0 Å². The average molecular weight is 340 g/mol. The Balaban J connectivity index is 1.76. The molecular weight excluding hydrogens is 306 g/mol. The molecule has 3 heteroatoms. The lowest BCUT2D eigenvalue weighted by molar-refractivity contribution is 0.531. The van der Waals surface area contributed by atoms with Crippen molar-refractivity contribution in [3.05, 3.63) is 30.1 Å². The van der Waals surface area contributed by atoms with Crippen molar-refractivity contribution in [3.63, 3.8) is 0 Å². The van der Waals surface area contributed by atoms with Gasteiger partial charge in [-0.2, -0.15) is 5.26 Å². The van der Waals surface area contributed by atoms with E-state index in [0.717, 1.165) is 23.4 Å². The van der Waals surface area contributed by atoms with E-state index in [4.69, 9.17) is 0 Å². The fourth-order valence-electron chi connectivity index (χ4n) is 3.47. The van der Waals surface area contributed by atoms with Crippen LogP contribution in [-0.2, 0) is 6.54 Å². The number of aromatic nitrogens is 2. The van der Waals surface area contributed by atoms with Gasteiger partial charge in [0.05, 0.1) is 17.1 Å². The summed E-state index contributed by atoms with van der Waals surface area (Å²) in [6.07, 6.45) is 13.4. The Bertz CT molecular complexity index is 665. The maximum absolute atomic E-state index is 9.28. The summed E-state index contributed by atoms with van der Waals surface area (Å²) in [5.41, 5.74) is 2.17. The van der Waals surface area contributed by atoms with Crippen LogP contribution in [0.15, 0.2) is 24.3 Å². The second-order valence-corrected chi connectivity index (χ2v) is 7.14. The largest absolute Gasteiger partial charge is 0.327 e. The first kappa shape index (κ1) is 19.5. The highest BCUT2D eigenvalue weighted by Crippen LogP contribution is 2.22. The Morgan fingerprint density at radius 1 is 0.960 bits per heavy atom. The van der Waals surface area contributed by atoms with Crippen LogP contribution in [0.3, 0.4) is 0 Å². The molecule has 0 bridgehead atoms. The van der Waals surface area contributed by atoms with Gasteiger partial charge in [-0.05, 0) is 25.5 Å². The van der Waals surface area contributed by atoms with Crippen LogP contribution in [0.1, 0.15) is 89.8 Å². The third-order valence-electron chi connectivity index (χ3n) is 5.00. The number of nitriles is 1. The summed E-state index contributed by atoms with van der Waals surface area (Å²) >= 11 is 0. The molecule has 1 atom stereocenters. The van der Waals surface area contributed by atoms with Gasteiger partial charge in [0.1, 0.15) is 11.7 Å². The van der Waals surface area contributed by atoms with Crippen LogP contribution < -0.4 is 0 Å². The van der Waals surface area contributed by atoms with Gasteiger partial charge in [-0.3, -0.25) is 0 Å². The van der Waals surface area contributed by atoms with Gasteiger partial charge in [-0.1, -0.05) is 76.8 Å². The summed E-state index contributed by atoms with van der Waals surface area (Å²) in [6, 6.07) is 10.6. The van der Waals surface area contributed by atoms with Crippen molar-refractivity contribution in [2.75, 3.05) is 0 Å². The molecule has 0 radical (unpaired) electrons. The molecule has 1 unspecified atom stereocenters. The third kappa shape index (κ3) is 5.88. The highest BCUT2D eigenvalue weighted by Gasteiger charge is 2.15. The van der Waals surface area contributed by atoms with E-state index in [9.17, 15) is 5.26 Å². The van der Waals surface area contributed by atoms with Crippen LogP contribution in [0.25, 0.3) is 11.0 Å². The second-order valence-electron chi connectivity index (χ2n) is 7.14. The Labute approximate surface area is 153 Å². The first-order valence-electron chi connectivity index (χ1n) is 10.1. The molecule has 1 aromatic carbocycles. The summed E-state index contributed by atoms with van der Waals surface area (Å²) in [4.78, 5) is 4.69. The van der Waals surface area contributed by atoms with E-state index in [0.29, 0.717) is 0 Å². The number of aryl methyl sites for hydroxylation is 1. The van der Waals surface area contributed by atoms with Crippen LogP contribution in [0.5, 0.6) is 0 Å².